The molecule has 1 unspecified atom stereocenters. The summed E-state index contributed by atoms with van der Waals surface area (Å²) in [4.78, 5) is 0. The van der Waals surface area contributed by atoms with Gasteiger partial charge in [0.1, 0.15) is 11.6 Å². The molecule has 0 radical (unpaired) electrons. The van der Waals surface area contributed by atoms with Crippen molar-refractivity contribution < 1.29 is 19.0 Å². The van der Waals surface area contributed by atoms with Gasteiger partial charge in [0.15, 0.2) is 0 Å². The van der Waals surface area contributed by atoms with Crippen LogP contribution in [0.1, 0.15) is 24.5 Å². The molecule has 4 heteroatoms. The molecule has 3 nitrogen and oxygen atoms in total. The zero-order valence-electron chi connectivity index (χ0n) is 9.57. The fourth-order valence-electron chi connectivity index (χ4n) is 1.54. The van der Waals surface area contributed by atoms with E-state index >= 15 is 0 Å². The lowest BCUT2D eigenvalue weighted by atomic mass is 10.0. The molecule has 16 heavy (non-hydrogen) atoms. The molecule has 1 N–H and O–H groups in total. The number of ether oxygens (including phenoxy) is 2. The number of halogens is 1. The Bertz CT molecular complexity index is 328. The van der Waals surface area contributed by atoms with E-state index in [0.29, 0.717) is 24.3 Å². The summed E-state index contributed by atoms with van der Waals surface area (Å²) in [6, 6.07) is 4.13. The highest BCUT2D eigenvalue weighted by Crippen LogP contribution is 2.28. The molecule has 90 valence electrons. The highest BCUT2D eigenvalue weighted by molar-refractivity contribution is 5.35. The van der Waals surface area contributed by atoms with Crippen LogP contribution in [-0.4, -0.2) is 25.9 Å². The molecule has 0 amide bonds. The molecule has 0 fully saturated rings. The van der Waals surface area contributed by atoms with E-state index in [9.17, 15) is 9.50 Å². The van der Waals surface area contributed by atoms with Gasteiger partial charge in [-0.3, -0.25) is 0 Å². The molecule has 0 spiro atoms. The normalized spacial score (nSPS) is 12.5. The van der Waals surface area contributed by atoms with Crippen LogP contribution in [0.4, 0.5) is 4.39 Å². The molecule has 1 rings (SSSR count). The monoisotopic (exact) mass is 228 g/mol. The molecule has 0 aliphatic carbocycles. The van der Waals surface area contributed by atoms with Gasteiger partial charge in [-0.2, -0.15) is 0 Å². The van der Waals surface area contributed by atoms with E-state index in [1.807, 2.05) is 0 Å². The predicted octanol–water partition coefficient (Wildman–Crippen LogP) is 2.29. The molecule has 0 aliphatic rings. The quantitative estimate of drug-likeness (QED) is 0.759. The molecule has 1 aromatic rings. The second-order valence-electron chi connectivity index (χ2n) is 3.54. The van der Waals surface area contributed by atoms with Gasteiger partial charge in [-0.25, -0.2) is 4.39 Å². The Hall–Kier alpha value is -1.13. The second-order valence-corrected chi connectivity index (χ2v) is 3.54. The van der Waals surface area contributed by atoms with E-state index < -0.39 is 6.10 Å². The number of hydrogen-bond acceptors (Lipinski definition) is 3. The van der Waals surface area contributed by atoms with E-state index in [2.05, 4.69) is 0 Å². The molecule has 0 aliphatic heterocycles. The van der Waals surface area contributed by atoms with Crippen LogP contribution in [0.15, 0.2) is 18.2 Å². The summed E-state index contributed by atoms with van der Waals surface area (Å²) in [7, 11) is 3.10. The van der Waals surface area contributed by atoms with E-state index in [4.69, 9.17) is 9.47 Å². The lowest BCUT2D eigenvalue weighted by Crippen LogP contribution is -2.03. The predicted molar refractivity (Wildman–Crippen MR) is 59.0 cm³/mol. The summed E-state index contributed by atoms with van der Waals surface area (Å²) in [6.07, 6.45) is 0.520. The average molecular weight is 228 g/mol. The minimum absolute atomic E-state index is 0.374. The van der Waals surface area contributed by atoms with E-state index in [1.165, 1.54) is 25.3 Å². The molecule has 0 saturated heterocycles. The maximum Gasteiger partial charge on any atom is 0.124 e. The largest absolute Gasteiger partial charge is 0.496 e. The van der Waals surface area contributed by atoms with Crippen molar-refractivity contribution in [1.82, 2.24) is 0 Å². The Morgan fingerprint density at radius 2 is 2.12 bits per heavy atom. The van der Waals surface area contributed by atoms with Crippen molar-refractivity contribution in [1.29, 1.82) is 0 Å². The second kappa shape index (κ2) is 6.45. The first kappa shape index (κ1) is 12.9. The van der Waals surface area contributed by atoms with Crippen molar-refractivity contribution in [3.63, 3.8) is 0 Å². The minimum Gasteiger partial charge on any atom is -0.496 e. The molecule has 1 atom stereocenters. The van der Waals surface area contributed by atoms with Gasteiger partial charge in [0.25, 0.3) is 0 Å². The van der Waals surface area contributed by atoms with Crippen LogP contribution < -0.4 is 4.74 Å². The first-order chi connectivity index (χ1) is 7.69. The summed E-state index contributed by atoms with van der Waals surface area (Å²) >= 11 is 0. The molecule has 0 saturated carbocycles. The van der Waals surface area contributed by atoms with Gasteiger partial charge >= 0.3 is 0 Å². The van der Waals surface area contributed by atoms with Crippen LogP contribution >= 0.6 is 0 Å². The lowest BCUT2D eigenvalue weighted by Gasteiger charge is -2.14. The van der Waals surface area contributed by atoms with Gasteiger partial charge < -0.3 is 14.6 Å². The summed E-state index contributed by atoms with van der Waals surface area (Å²) in [6.45, 7) is 0.578. The molecule has 0 bridgehead atoms. The fourth-order valence-corrected chi connectivity index (χ4v) is 1.54. The van der Waals surface area contributed by atoms with Crippen molar-refractivity contribution in [3.05, 3.63) is 29.6 Å². The van der Waals surface area contributed by atoms with E-state index in [1.54, 1.807) is 7.11 Å². The standard InChI is InChI=1S/C12H17FO3/c1-15-7-3-4-11(14)10-8-9(13)5-6-12(10)16-2/h5-6,8,11,14H,3-4,7H2,1-2H3. The average Bonchev–Trinajstić information content (AvgIpc) is 2.29. The van der Waals surface area contributed by atoms with Gasteiger partial charge in [0.05, 0.1) is 13.2 Å². The van der Waals surface area contributed by atoms with Crippen LogP contribution in [-0.2, 0) is 4.74 Å². The number of aliphatic hydroxyl groups excluding tert-OH is 1. The number of methoxy groups -OCH3 is 2. The third-order valence-electron chi connectivity index (χ3n) is 2.38. The van der Waals surface area contributed by atoms with Crippen molar-refractivity contribution in [3.8, 4) is 5.75 Å². The smallest absolute Gasteiger partial charge is 0.124 e. The molecule has 0 heterocycles. The van der Waals surface area contributed by atoms with Gasteiger partial charge in [-0.1, -0.05) is 0 Å². The molecular weight excluding hydrogens is 211 g/mol. The maximum absolute atomic E-state index is 13.0. The van der Waals surface area contributed by atoms with Crippen LogP contribution in [0.5, 0.6) is 5.75 Å². The molecular formula is C12H17FO3. The Kier molecular flexibility index (Phi) is 5.22. The number of benzene rings is 1. The molecule has 0 aromatic heterocycles. The topological polar surface area (TPSA) is 38.7 Å². The minimum atomic E-state index is -0.721. The third-order valence-corrected chi connectivity index (χ3v) is 2.38. The van der Waals surface area contributed by atoms with Crippen molar-refractivity contribution in [2.75, 3.05) is 20.8 Å². The Labute approximate surface area is 94.8 Å². The highest BCUT2D eigenvalue weighted by atomic mass is 19.1. The maximum atomic E-state index is 13.0. The van der Waals surface area contributed by atoms with Crippen molar-refractivity contribution in [2.24, 2.45) is 0 Å². The van der Waals surface area contributed by atoms with Crippen LogP contribution in [0.2, 0.25) is 0 Å². The highest BCUT2D eigenvalue weighted by Gasteiger charge is 2.13. The summed E-state index contributed by atoms with van der Waals surface area (Å²) in [5.41, 5.74) is 0.485. The Morgan fingerprint density at radius 3 is 2.75 bits per heavy atom. The number of aliphatic hydroxyl groups is 1. The van der Waals surface area contributed by atoms with Gasteiger partial charge in [0, 0.05) is 19.3 Å². The SMILES string of the molecule is COCCCC(O)c1cc(F)ccc1OC. The van der Waals surface area contributed by atoms with Crippen molar-refractivity contribution in [2.45, 2.75) is 18.9 Å². The Morgan fingerprint density at radius 1 is 1.38 bits per heavy atom. The third kappa shape index (κ3) is 3.47. The van der Waals surface area contributed by atoms with Crippen LogP contribution in [0.25, 0.3) is 0 Å². The molecule has 1 aromatic carbocycles. The number of rotatable bonds is 6. The first-order valence-electron chi connectivity index (χ1n) is 5.19. The first-order valence-corrected chi connectivity index (χ1v) is 5.19. The van der Waals surface area contributed by atoms with Crippen molar-refractivity contribution >= 4 is 0 Å². The van der Waals surface area contributed by atoms with Gasteiger partial charge in [-0.05, 0) is 31.0 Å². The zero-order chi connectivity index (χ0) is 12.0. The van der Waals surface area contributed by atoms with Crippen LogP contribution in [0, 0.1) is 5.82 Å². The van der Waals surface area contributed by atoms with Gasteiger partial charge in [0.2, 0.25) is 0 Å². The van der Waals surface area contributed by atoms with E-state index in [-0.39, 0.29) is 5.82 Å². The lowest BCUT2D eigenvalue weighted by molar-refractivity contribution is 0.133. The summed E-state index contributed by atoms with van der Waals surface area (Å²) in [5.74, 6) is 0.132. The summed E-state index contributed by atoms with van der Waals surface area (Å²) in [5, 5.41) is 9.88. The van der Waals surface area contributed by atoms with E-state index in [0.717, 1.165) is 6.42 Å². The van der Waals surface area contributed by atoms with Crippen LogP contribution in [0.3, 0.4) is 0 Å². The zero-order valence-corrected chi connectivity index (χ0v) is 9.57. The number of hydrogen-bond donors (Lipinski definition) is 1. The summed E-state index contributed by atoms with van der Waals surface area (Å²) < 4.78 is 23.0. The van der Waals surface area contributed by atoms with Gasteiger partial charge in [-0.15, -0.1) is 0 Å². The fraction of sp³-hybridized carbons (Fsp3) is 0.500. The Balaban J connectivity index is 2.72.